The van der Waals surface area contributed by atoms with Crippen molar-refractivity contribution in [3.8, 4) is 0 Å². The van der Waals surface area contributed by atoms with Crippen molar-refractivity contribution in [2.45, 2.75) is 40.2 Å². The Morgan fingerprint density at radius 3 is 2.67 bits per heavy atom. The van der Waals surface area contributed by atoms with Crippen molar-refractivity contribution in [1.82, 2.24) is 20.0 Å². The Kier molecular flexibility index (Phi) is 5.48. The summed E-state index contributed by atoms with van der Waals surface area (Å²) in [7, 11) is 0. The average molecular weight is 369 g/mol. The van der Waals surface area contributed by atoms with E-state index >= 15 is 0 Å². The van der Waals surface area contributed by atoms with Gasteiger partial charge in [-0.25, -0.2) is 4.79 Å². The van der Waals surface area contributed by atoms with Gasteiger partial charge in [0.25, 0.3) is 5.91 Å². The van der Waals surface area contributed by atoms with E-state index in [1.807, 2.05) is 38.4 Å². The second-order valence-electron chi connectivity index (χ2n) is 7.08. The zero-order chi connectivity index (χ0) is 19.6. The van der Waals surface area contributed by atoms with E-state index in [9.17, 15) is 9.59 Å². The summed E-state index contributed by atoms with van der Waals surface area (Å²) in [6.45, 7) is 9.69. The third-order valence-corrected chi connectivity index (χ3v) is 4.92. The van der Waals surface area contributed by atoms with E-state index < -0.39 is 0 Å². The highest BCUT2D eigenvalue weighted by molar-refractivity contribution is 5.97. The molecular weight excluding hydrogens is 342 g/mol. The summed E-state index contributed by atoms with van der Waals surface area (Å²) in [6, 6.07) is 7.46. The molecule has 1 fully saturated rings. The lowest BCUT2D eigenvalue weighted by Crippen LogP contribution is -2.33. The number of likely N-dealkylation sites (tertiary alicyclic amines) is 1. The first-order valence-electron chi connectivity index (χ1n) is 9.36. The summed E-state index contributed by atoms with van der Waals surface area (Å²) >= 11 is 0. The minimum absolute atomic E-state index is 0.140. The zero-order valence-corrected chi connectivity index (χ0v) is 16.4. The lowest BCUT2D eigenvalue weighted by atomic mass is 10.1. The van der Waals surface area contributed by atoms with Gasteiger partial charge in [-0.15, -0.1) is 0 Å². The topological polar surface area (TPSA) is 79.3 Å². The number of amides is 3. The quantitative estimate of drug-likeness (QED) is 0.869. The number of aryl methyl sites for hydroxylation is 3. The molecule has 1 aromatic carbocycles. The van der Waals surface area contributed by atoms with Crippen molar-refractivity contribution in [1.29, 1.82) is 0 Å². The third kappa shape index (κ3) is 4.13. The maximum absolute atomic E-state index is 12.7. The molecule has 7 nitrogen and oxygen atoms in total. The van der Waals surface area contributed by atoms with Crippen LogP contribution in [-0.2, 0) is 0 Å². The Labute approximate surface area is 159 Å². The maximum atomic E-state index is 12.7. The van der Waals surface area contributed by atoms with Gasteiger partial charge in [0, 0.05) is 36.6 Å². The van der Waals surface area contributed by atoms with Crippen LogP contribution in [0.2, 0.25) is 0 Å². The minimum Gasteiger partial charge on any atom is -0.352 e. The first-order chi connectivity index (χ1) is 12.9. The summed E-state index contributed by atoms with van der Waals surface area (Å²) in [5, 5.41) is 10.3. The van der Waals surface area contributed by atoms with Gasteiger partial charge in [0.2, 0.25) is 0 Å². The zero-order valence-electron chi connectivity index (χ0n) is 16.4. The minimum atomic E-state index is -0.143. The predicted molar refractivity (Wildman–Crippen MR) is 105 cm³/mol. The monoisotopic (exact) mass is 369 g/mol. The lowest BCUT2D eigenvalue weighted by molar-refractivity contribution is 0.0956. The largest absolute Gasteiger partial charge is 0.352 e. The number of carbonyl (C=O) groups is 2. The van der Waals surface area contributed by atoms with E-state index in [0.29, 0.717) is 30.9 Å². The van der Waals surface area contributed by atoms with Gasteiger partial charge in [-0.2, -0.15) is 5.10 Å². The Morgan fingerprint density at radius 2 is 2.00 bits per heavy atom. The number of rotatable bonds is 4. The fourth-order valence-electron chi connectivity index (χ4n) is 3.50. The van der Waals surface area contributed by atoms with Crippen molar-refractivity contribution >= 4 is 17.6 Å². The molecule has 1 aliphatic heterocycles. The van der Waals surface area contributed by atoms with Crippen LogP contribution >= 0.6 is 0 Å². The fraction of sp³-hybridized carbons (Fsp3) is 0.450. The highest BCUT2D eigenvalue weighted by atomic mass is 16.2. The Hall–Kier alpha value is -2.83. The number of urea groups is 1. The first-order valence-corrected chi connectivity index (χ1v) is 9.36. The van der Waals surface area contributed by atoms with Crippen LogP contribution in [0, 0.1) is 20.8 Å². The average Bonchev–Trinajstić information content (AvgIpc) is 3.23. The van der Waals surface area contributed by atoms with Gasteiger partial charge >= 0.3 is 6.03 Å². The van der Waals surface area contributed by atoms with E-state index in [1.165, 1.54) is 0 Å². The van der Waals surface area contributed by atoms with Crippen LogP contribution in [-0.4, -0.2) is 46.3 Å². The molecule has 27 heavy (non-hydrogen) atoms. The van der Waals surface area contributed by atoms with Crippen LogP contribution in [0.1, 0.15) is 46.7 Å². The van der Waals surface area contributed by atoms with Crippen LogP contribution < -0.4 is 10.6 Å². The number of hydrogen-bond acceptors (Lipinski definition) is 3. The molecule has 3 rings (SSSR count). The van der Waals surface area contributed by atoms with E-state index in [2.05, 4.69) is 21.8 Å². The molecule has 0 spiro atoms. The van der Waals surface area contributed by atoms with Crippen LogP contribution in [0.4, 0.5) is 10.5 Å². The van der Waals surface area contributed by atoms with E-state index in [4.69, 9.17) is 0 Å². The highest BCUT2D eigenvalue weighted by Crippen LogP contribution is 2.24. The lowest BCUT2D eigenvalue weighted by Gasteiger charge is -2.19. The van der Waals surface area contributed by atoms with E-state index in [1.54, 1.807) is 17.0 Å². The van der Waals surface area contributed by atoms with Crippen molar-refractivity contribution in [2.75, 3.05) is 25.0 Å². The molecule has 144 valence electrons. The van der Waals surface area contributed by atoms with Crippen LogP contribution in [0.25, 0.3) is 0 Å². The van der Waals surface area contributed by atoms with Gasteiger partial charge in [0.1, 0.15) is 0 Å². The van der Waals surface area contributed by atoms with Crippen molar-refractivity contribution < 1.29 is 9.59 Å². The summed E-state index contributed by atoms with van der Waals surface area (Å²) < 4.78 is 2.02. The van der Waals surface area contributed by atoms with Gasteiger partial charge in [-0.05, 0) is 57.9 Å². The van der Waals surface area contributed by atoms with Crippen molar-refractivity contribution in [2.24, 2.45) is 0 Å². The molecule has 0 saturated carbocycles. The van der Waals surface area contributed by atoms with E-state index in [0.717, 1.165) is 23.4 Å². The second kappa shape index (κ2) is 7.82. The van der Waals surface area contributed by atoms with Gasteiger partial charge in [-0.3, -0.25) is 9.48 Å². The summed E-state index contributed by atoms with van der Waals surface area (Å²) in [6.07, 6.45) is 0.882. The number of carbonyl (C=O) groups excluding carboxylic acids is 2. The normalized spacial score (nSPS) is 16.4. The van der Waals surface area contributed by atoms with Gasteiger partial charge in [0.15, 0.2) is 0 Å². The molecule has 3 amide bonds. The van der Waals surface area contributed by atoms with Crippen LogP contribution in [0.3, 0.4) is 0 Å². The number of nitrogens with zero attached hydrogens (tertiary/aromatic N) is 3. The first kappa shape index (κ1) is 18.9. The molecule has 1 saturated heterocycles. The number of aromatic nitrogens is 2. The molecule has 1 aromatic heterocycles. The highest BCUT2D eigenvalue weighted by Gasteiger charge is 2.29. The van der Waals surface area contributed by atoms with Crippen molar-refractivity contribution in [3.63, 3.8) is 0 Å². The molecule has 0 aliphatic carbocycles. The molecule has 2 N–H and O–H groups in total. The SMILES string of the molecule is CCNC(=O)c1ccc(C)c(NC(=O)N2CC[C@@H](n3nc(C)cc3C)C2)c1. The number of benzene rings is 1. The number of hydrogen-bond donors (Lipinski definition) is 2. The van der Waals surface area contributed by atoms with E-state index in [-0.39, 0.29) is 18.0 Å². The summed E-state index contributed by atoms with van der Waals surface area (Å²) in [5.74, 6) is -0.140. The summed E-state index contributed by atoms with van der Waals surface area (Å²) in [4.78, 5) is 26.6. The number of nitrogens with one attached hydrogen (secondary N) is 2. The molecule has 0 bridgehead atoms. The Morgan fingerprint density at radius 1 is 1.22 bits per heavy atom. The molecule has 0 radical (unpaired) electrons. The second-order valence-corrected chi connectivity index (χ2v) is 7.08. The Balaban J connectivity index is 1.68. The van der Waals surface area contributed by atoms with Crippen molar-refractivity contribution in [3.05, 3.63) is 46.8 Å². The molecule has 1 aliphatic rings. The molecule has 0 unspecified atom stereocenters. The van der Waals surface area contributed by atoms with Gasteiger partial charge < -0.3 is 15.5 Å². The van der Waals surface area contributed by atoms with Gasteiger partial charge in [0.05, 0.1) is 11.7 Å². The van der Waals surface area contributed by atoms with Gasteiger partial charge in [-0.1, -0.05) is 6.07 Å². The maximum Gasteiger partial charge on any atom is 0.321 e. The molecule has 7 heteroatoms. The smallest absolute Gasteiger partial charge is 0.321 e. The summed E-state index contributed by atoms with van der Waals surface area (Å²) in [5.41, 5.74) is 4.24. The Bertz CT molecular complexity index is 858. The van der Waals surface area contributed by atoms with Crippen LogP contribution in [0.5, 0.6) is 0 Å². The number of anilines is 1. The molecular formula is C20H27N5O2. The molecule has 1 atom stereocenters. The third-order valence-electron chi connectivity index (χ3n) is 4.92. The molecule has 2 heterocycles. The fourth-order valence-corrected chi connectivity index (χ4v) is 3.50. The molecule has 2 aromatic rings. The predicted octanol–water partition coefficient (Wildman–Crippen LogP) is 3.04. The standard InChI is InChI=1S/C20H27N5O2/c1-5-21-19(26)16-7-6-13(2)18(11-16)22-20(27)24-9-8-17(12-24)25-15(4)10-14(3)23-25/h6-7,10-11,17H,5,8-9,12H2,1-4H3,(H,21,26)(H,22,27)/t17-/m1/s1. The van der Waals surface area contributed by atoms with Crippen LogP contribution in [0.15, 0.2) is 24.3 Å².